The highest BCUT2D eigenvalue weighted by molar-refractivity contribution is 7.99. The van der Waals surface area contributed by atoms with Crippen molar-refractivity contribution >= 4 is 35.0 Å². The first kappa shape index (κ1) is 19.4. The lowest BCUT2D eigenvalue weighted by atomic mass is 10.2. The number of carbonyl (C=O) groups excluding carboxylic acids is 2. The molecule has 0 saturated carbocycles. The fourth-order valence-electron chi connectivity index (χ4n) is 2.36. The monoisotopic (exact) mass is 397 g/mol. The van der Waals surface area contributed by atoms with Gasteiger partial charge in [-0.15, -0.1) is 5.10 Å². The van der Waals surface area contributed by atoms with Crippen molar-refractivity contribution in [2.24, 2.45) is 0 Å². The summed E-state index contributed by atoms with van der Waals surface area (Å²) in [4.78, 5) is 27.5. The molecule has 1 aromatic heterocycles. The number of methoxy groups -OCH3 is 1. The van der Waals surface area contributed by atoms with Crippen LogP contribution in [-0.4, -0.2) is 39.9 Å². The Bertz CT molecular complexity index is 954. The molecule has 8 nitrogen and oxygen atoms in total. The summed E-state index contributed by atoms with van der Waals surface area (Å²) in [6.45, 7) is 1.46. The molecule has 0 aliphatic heterocycles. The molecule has 3 rings (SSSR count). The number of H-pyrrole nitrogens is 1. The summed E-state index contributed by atoms with van der Waals surface area (Å²) in [7, 11) is 1.59. The Morgan fingerprint density at radius 1 is 1.04 bits per heavy atom. The van der Waals surface area contributed by atoms with Gasteiger partial charge in [-0.3, -0.25) is 14.7 Å². The first-order valence-corrected chi connectivity index (χ1v) is 9.39. The number of thioether (sulfide) groups is 1. The van der Waals surface area contributed by atoms with Gasteiger partial charge in [-0.2, -0.15) is 0 Å². The van der Waals surface area contributed by atoms with Gasteiger partial charge in [-0.05, 0) is 48.5 Å². The van der Waals surface area contributed by atoms with E-state index in [-0.39, 0.29) is 17.6 Å². The van der Waals surface area contributed by atoms with E-state index in [1.807, 2.05) is 12.1 Å². The lowest BCUT2D eigenvalue weighted by Gasteiger charge is -2.05. The number of amides is 2. The number of aromatic nitrogens is 3. The van der Waals surface area contributed by atoms with Gasteiger partial charge in [0.2, 0.25) is 17.0 Å². The van der Waals surface area contributed by atoms with E-state index < -0.39 is 0 Å². The largest absolute Gasteiger partial charge is 0.497 e. The summed E-state index contributed by atoms with van der Waals surface area (Å²) < 4.78 is 5.09. The van der Waals surface area contributed by atoms with Crippen molar-refractivity contribution in [3.8, 4) is 17.1 Å². The third kappa shape index (κ3) is 5.34. The molecule has 2 amide bonds. The number of nitrogens with zero attached hydrogens (tertiary/aromatic N) is 2. The topological polar surface area (TPSA) is 109 Å². The highest BCUT2D eigenvalue weighted by Gasteiger charge is 2.10. The Hall–Kier alpha value is -3.33. The van der Waals surface area contributed by atoms with Crippen LogP contribution in [0.1, 0.15) is 6.92 Å². The van der Waals surface area contributed by atoms with Crippen molar-refractivity contribution < 1.29 is 14.3 Å². The van der Waals surface area contributed by atoms with Gasteiger partial charge in [0.25, 0.3) is 0 Å². The van der Waals surface area contributed by atoms with E-state index in [0.717, 1.165) is 11.3 Å². The molecule has 0 radical (unpaired) electrons. The van der Waals surface area contributed by atoms with E-state index >= 15 is 0 Å². The molecule has 28 heavy (non-hydrogen) atoms. The summed E-state index contributed by atoms with van der Waals surface area (Å²) in [5.41, 5.74) is 2.23. The number of ether oxygens (including phenoxy) is 1. The standard InChI is InChI=1S/C19H19N5O3S/c1-12(25)20-14-5-3-13(4-6-14)18-22-19(24-23-18)28-11-17(26)21-15-7-9-16(27-2)10-8-15/h3-10H,11H2,1-2H3,(H,20,25)(H,21,26)(H,22,23,24). The number of hydrogen-bond acceptors (Lipinski definition) is 6. The normalized spacial score (nSPS) is 10.4. The lowest BCUT2D eigenvalue weighted by Crippen LogP contribution is -2.14. The second-order valence-corrected chi connectivity index (χ2v) is 6.73. The number of carbonyl (C=O) groups is 2. The molecule has 2 aromatic carbocycles. The Kier molecular flexibility index (Phi) is 6.28. The number of rotatable bonds is 7. The maximum atomic E-state index is 12.1. The third-order valence-electron chi connectivity index (χ3n) is 3.65. The van der Waals surface area contributed by atoms with Gasteiger partial charge >= 0.3 is 0 Å². The summed E-state index contributed by atoms with van der Waals surface area (Å²) in [6, 6.07) is 14.3. The van der Waals surface area contributed by atoms with Crippen molar-refractivity contribution in [1.82, 2.24) is 15.2 Å². The van der Waals surface area contributed by atoms with Crippen LogP contribution in [0.5, 0.6) is 5.75 Å². The fourth-order valence-corrected chi connectivity index (χ4v) is 2.95. The first-order chi connectivity index (χ1) is 13.5. The molecular weight excluding hydrogens is 378 g/mol. The van der Waals surface area contributed by atoms with E-state index in [2.05, 4.69) is 25.8 Å². The minimum atomic E-state index is -0.152. The Labute approximate surface area is 166 Å². The zero-order valence-corrected chi connectivity index (χ0v) is 16.2. The predicted octanol–water partition coefficient (Wildman–Crippen LogP) is 3.17. The molecule has 3 N–H and O–H groups in total. The molecular formula is C19H19N5O3S. The molecule has 0 aliphatic rings. The van der Waals surface area contributed by atoms with Gasteiger partial charge in [0.05, 0.1) is 12.9 Å². The molecule has 0 saturated heterocycles. The quantitative estimate of drug-likeness (QED) is 0.529. The van der Waals surface area contributed by atoms with Crippen molar-refractivity contribution in [2.75, 3.05) is 23.5 Å². The van der Waals surface area contributed by atoms with Crippen molar-refractivity contribution in [3.63, 3.8) is 0 Å². The molecule has 0 spiro atoms. The molecule has 144 valence electrons. The van der Waals surface area contributed by atoms with E-state index in [0.29, 0.717) is 22.4 Å². The zero-order valence-electron chi connectivity index (χ0n) is 15.4. The Morgan fingerprint density at radius 3 is 2.32 bits per heavy atom. The average Bonchev–Trinajstić information content (AvgIpc) is 3.16. The van der Waals surface area contributed by atoms with E-state index in [4.69, 9.17) is 4.74 Å². The summed E-state index contributed by atoms with van der Waals surface area (Å²) in [6.07, 6.45) is 0. The Balaban J connectivity index is 1.53. The molecule has 0 aliphatic carbocycles. The fraction of sp³-hybridized carbons (Fsp3) is 0.158. The third-order valence-corrected chi connectivity index (χ3v) is 4.50. The van der Waals surface area contributed by atoms with E-state index in [9.17, 15) is 9.59 Å². The summed E-state index contributed by atoms with van der Waals surface area (Å²) in [5.74, 6) is 1.23. The minimum Gasteiger partial charge on any atom is -0.497 e. The van der Waals surface area contributed by atoms with Crippen LogP contribution in [0.25, 0.3) is 11.4 Å². The van der Waals surface area contributed by atoms with Gasteiger partial charge in [-0.1, -0.05) is 11.8 Å². The van der Waals surface area contributed by atoms with Gasteiger partial charge in [0.15, 0.2) is 5.82 Å². The number of hydrogen-bond donors (Lipinski definition) is 3. The van der Waals surface area contributed by atoms with Crippen LogP contribution in [-0.2, 0) is 9.59 Å². The molecule has 0 fully saturated rings. The summed E-state index contributed by atoms with van der Waals surface area (Å²) >= 11 is 1.24. The van der Waals surface area contributed by atoms with Crippen molar-refractivity contribution in [3.05, 3.63) is 48.5 Å². The maximum Gasteiger partial charge on any atom is 0.234 e. The van der Waals surface area contributed by atoms with Gasteiger partial charge in [0.1, 0.15) is 5.75 Å². The van der Waals surface area contributed by atoms with Crippen LogP contribution in [0.15, 0.2) is 53.7 Å². The average molecular weight is 397 g/mol. The van der Waals surface area contributed by atoms with Crippen LogP contribution in [0.4, 0.5) is 11.4 Å². The number of nitrogens with one attached hydrogen (secondary N) is 3. The van der Waals surface area contributed by atoms with Gasteiger partial charge < -0.3 is 15.4 Å². The summed E-state index contributed by atoms with van der Waals surface area (Å²) in [5, 5.41) is 13.0. The van der Waals surface area contributed by atoms with E-state index in [1.165, 1.54) is 18.7 Å². The van der Waals surface area contributed by atoms with E-state index in [1.54, 1.807) is 43.5 Å². The number of anilines is 2. The maximum absolute atomic E-state index is 12.1. The lowest BCUT2D eigenvalue weighted by molar-refractivity contribution is -0.114. The molecule has 0 unspecified atom stereocenters. The molecule has 1 heterocycles. The molecule has 0 bridgehead atoms. The number of benzene rings is 2. The molecule has 0 atom stereocenters. The van der Waals surface area contributed by atoms with Crippen LogP contribution < -0.4 is 15.4 Å². The van der Waals surface area contributed by atoms with Crippen molar-refractivity contribution in [2.45, 2.75) is 12.1 Å². The Morgan fingerprint density at radius 2 is 1.68 bits per heavy atom. The molecule has 9 heteroatoms. The van der Waals surface area contributed by atoms with Crippen LogP contribution >= 0.6 is 11.8 Å². The zero-order chi connectivity index (χ0) is 19.9. The highest BCUT2D eigenvalue weighted by atomic mass is 32.2. The highest BCUT2D eigenvalue weighted by Crippen LogP contribution is 2.21. The second kappa shape index (κ2) is 9.05. The van der Waals surface area contributed by atoms with Crippen LogP contribution in [0, 0.1) is 0 Å². The van der Waals surface area contributed by atoms with Crippen molar-refractivity contribution in [1.29, 1.82) is 0 Å². The van der Waals surface area contributed by atoms with Crippen LogP contribution in [0.2, 0.25) is 0 Å². The smallest absolute Gasteiger partial charge is 0.234 e. The van der Waals surface area contributed by atoms with Crippen LogP contribution in [0.3, 0.4) is 0 Å². The van der Waals surface area contributed by atoms with Gasteiger partial charge in [-0.25, -0.2) is 4.98 Å². The SMILES string of the molecule is COc1ccc(NC(=O)CSc2n[nH]c(-c3ccc(NC(C)=O)cc3)n2)cc1. The predicted molar refractivity (Wildman–Crippen MR) is 108 cm³/mol. The minimum absolute atomic E-state index is 0.126. The number of aromatic amines is 1. The second-order valence-electron chi connectivity index (χ2n) is 5.79. The van der Waals surface area contributed by atoms with Gasteiger partial charge in [0, 0.05) is 23.9 Å². The molecule has 3 aromatic rings. The first-order valence-electron chi connectivity index (χ1n) is 8.40.